The lowest BCUT2D eigenvalue weighted by molar-refractivity contribution is -0.119. The van der Waals surface area contributed by atoms with Crippen LogP contribution in [0.5, 0.6) is 0 Å². The Kier molecular flexibility index (Phi) is 7.76. The zero-order valence-electron chi connectivity index (χ0n) is 20.4. The highest BCUT2D eigenvalue weighted by Crippen LogP contribution is 2.27. The smallest absolute Gasteiger partial charge is 0.264 e. The molecule has 0 saturated heterocycles. The summed E-state index contributed by atoms with van der Waals surface area (Å²) in [6.07, 6.45) is 3.16. The summed E-state index contributed by atoms with van der Waals surface area (Å²) in [4.78, 5) is 20.2. The van der Waals surface area contributed by atoms with Crippen LogP contribution in [0.1, 0.15) is 37.3 Å². The molecule has 0 unspecified atom stereocenters. The summed E-state index contributed by atoms with van der Waals surface area (Å²) in [6.45, 7) is 3.67. The quantitative estimate of drug-likeness (QED) is 0.284. The van der Waals surface area contributed by atoms with Gasteiger partial charge in [-0.3, -0.25) is 4.79 Å². The fourth-order valence-electron chi connectivity index (χ4n) is 3.28. The van der Waals surface area contributed by atoms with E-state index in [0.717, 1.165) is 29.7 Å². The van der Waals surface area contributed by atoms with E-state index in [-0.39, 0.29) is 23.1 Å². The van der Waals surface area contributed by atoms with Crippen molar-refractivity contribution in [3.63, 3.8) is 0 Å². The third-order valence-electron chi connectivity index (χ3n) is 5.62. The first-order valence-electron chi connectivity index (χ1n) is 11.7. The zero-order valence-corrected chi connectivity index (χ0v) is 22.0. The van der Waals surface area contributed by atoms with Gasteiger partial charge in [0, 0.05) is 36.1 Å². The van der Waals surface area contributed by atoms with Crippen LogP contribution in [-0.4, -0.2) is 38.0 Å². The first-order chi connectivity index (χ1) is 17.6. The van der Waals surface area contributed by atoms with Crippen LogP contribution in [0.25, 0.3) is 0 Å². The number of nitrogens with zero attached hydrogens (tertiary/aromatic N) is 2. The van der Waals surface area contributed by atoms with E-state index >= 15 is 0 Å². The number of rotatable bonds is 11. The normalized spacial score (nSPS) is 13.7. The number of carbonyl (C=O) groups is 1. The van der Waals surface area contributed by atoms with Crippen LogP contribution in [0.3, 0.4) is 0 Å². The van der Waals surface area contributed by atoms with E-state index in [4.69, 9.17) is 0 Å². The van der Waals surface area contributed by atoms with E-state index in [1.807, 2.05) is 35.9 Å². The predicted molar refractivity (Wildman–Crippen MR) is 141 cm³/mol. The number of hydrogen-bond acceptors (Lipinski definition) is 9. The van der Waals surface area contributed by atoms with Crippen LogP contribution in [-0.2, 0) is 31.4 Å². The standard InChI is InChI=1S/C24H28N6O5S2/c1-3-22(31)30-37(34,35)21-10-8-19(9-11-21)28-24-25-14-16(2)23(29-24)27-18-6-4-17(5-7-18)15-26-36(32,33)20-12-13-20/h4-11,14,20,26H,3,12-13,15H2,1-2H3,(H,30,31)(H2,25,27,28,29). The van der Waals surface area contributed by atoms with Gasteiger partial charge in [-0.15, -0.1) is 0 Å². The third-order valence-corrected chi connectivity index (χ3v) is 8.90. The van der Waals surface area contributed by atoms with Gasteiger partial charge in [0.2, 0.25) is 21.9 Å². The number of anilines is 4. The van der Waals surface area contributed by atoms with Crippen molar-refractivity contribution in [2.24, 2.45) is 0 Å². The summed E-state index contributed by atoms with van der Waals surface area (Å²) in [5.41, 5.74) is 2.98. The predicted octanol–water partition coefficient (Wildman–Crippen LogP) is 3.07. The molecule has 0 bridgehead atoms. The molecule has 0 aliphatic heterocycles. The summed E-state index contributed by atoms with van der Waals surface area (Å²) in [5.74, 6) is 0.290. The highest BCUT2D eigenvalue weighted by Gasteiger charge is 2.35. The maximum atomic E-state index is 12.2. The minimum atomic E-state index is -3.93. The van der Waals surface area contributed by atoms with Gasteiger partial charge in [-0.05, 0) is 61.7 Å². The second-order valence-corrected chi connectivity index (χ2v) is 12.4. The highest BCUT2D eigenvalue weighted by molar-refractivity contribution is 7.90. The van der Waals surface area contributed by atoms with Gasteiger partial charge in [0.05, 0.1) is 10.1 Å². The van der Waals surface area contributed by atoms with E-state index in [1.165, 1.54) is 12.1 Å². The second-order valence-electron chi connectivity index (χ2n) is 8.64. The number of amides is 1. The first kappa shape index (κ1) is 26.5. The molecular formula is C24H28N6O5S2. The molecule has 1 fully saturated rings. The van der Waals surface area contributed by atoms with E-state index in [0.29, 0.717) is 17.5 Å². The van der Waals surface area contributed by atoms with Crippen LogP contribution in [0.15, 0.2) is 59.6 Å². The van der Waals surface area contributed by atoms with E-state index < -0.39 is 26.0 Å². The van der Waals surface area contributed by atoms with Crippen LogP contribution in [0.2, 0.25) is 0 Å². The first-order valence-corrected chi connectivity index (χ1v) is 14.7. The molecule has 0 radical (unpaired) electrons. The number of nitrogens with one attached hydrogen (secondary N) is 4. The minimum absolute atomic E-state index is 0.0317. The Balaban J connectivity index is 1.39. The van der Waals surface area contributed by atoms with Crippen LogP contribution in [0, 0.1) is 6.92 Å². The molecule has 1 aliphatic rings. The molecule has 0 atom stereocenters. The van der Waals surface area contributed by atoms with Crippen LogP contribution < -0.4 is 20.1 Å². The molecule has 37 heavy (non-hydrogen) atoms. The molecule has 11 nitrogen and oxygen atoms in total. The van der Waals surface area contributed by atoms with Crippen molar-refractivity contribution in [2.45, 2.75) is 49.8 Å². The minimum Gasteiger partial charge on any atom is -0.340 e. The summed E-state index contributed by atoms with van der Waals surface area (Å²) in [7, 11) is -7.16. The monoisotopic (exact) mass is 544 g/mol. The Morgan fingerprint density at radius 1 is 0.946 bits per heavy atom. The van der Waals surface area contributed by atoms with Crippen molar-refractivity contribution in [1.29, 1.82) is 0 Å². The molecule has 0 spiro atoms. The number of carbonyl (C=O) groups excluding carboxylic acids is 1. The van der Waals surface area contributed by atoms with E-state index in [2.05, 4.69) is 25.3 Å². The van der Waals surface area contributed by atoms with Crippen molar-refractivity contribution in [3.05, 3.63) is 65.9 Å². The molecule has 1 saturated carbocycles. The van der Waals surface area contributed by atoms with Gasteiger partial charge in [-0.1, -0.05) is 19.1 Å². The van der Waals surface area contributed by atoms with Gasteiger partial charge in [0.1, 0.15) is 5.82 Å². The van der Waals surface area contributed by atoms with Gasteiger partial charge in [-0.2, -0.15) is 4.98 Å². The summed E-state index contributed by atoms with van der Waals surface area (Å²) < 4.78 is 53.1. The Morgan fingerprint density at radius 2 is 1.57 bits per heavy atom. The number of benzene rings is 2. The summed E-state index contributed by atoms with van der Waals surface area (Å²) in [6, 6.07) is 13.2. The Hall–Kier alpha value is -3.55. The van der Waals surface area contributed by atoms with Gasteiger partial charge < -0.3 is 10.6 Å². The molecule has 1 aromatic heterocycles. The van der Waals surface area contributed by atoms with Crippen molar-refractivity contribution < 1.29 is 21.6 Å². The number of aromatic nitrogens is 2. The lowest BCUT2D eigenvalue weighted by atomic mass is 10.2. The van der Waals surface area contributed by atoms with E-state index in [1.54, 1.807) is 25.3 Å². The van der Waals surface area contributed by atoms with Crippen molar-refractivity contribution >= 4 is 49.1 Å². The maximum Gasteiger partial charge on any atom is 0.264 e. The summed E-state index contributed by atoms with van der Waals surface area (Å²) in [5, 5.41) is 6.01. The molecule has 4 rings (SSSR count). The molecule has 3 aromatic rings. The number of hydrogen-bond donors (Lipinski definition) is 4. The average Bonchev–Trinajstić information content (AvgIpc) is 3.72. The average molecular weight is 545 g/mol. The van der Waals surface area contributed by atoms with Crippen molar-refractivity contribution in [2.75, 3.05) is 10.6 Å². The van der Waals surface area contributed by atoms with Gasteiger partial charge in [-0.25, -0.2) is 31.3 Å². The third kappa shape index (κ3) is 7.02. The maximum absolute atomic E-state index is 12.2. The van der Waals surface area contributed by atoms with Crippen molar-refractivity contribution in [3.8, 4) is 0 Å². The number of aryl methyl sites for hydroxylation is 1. The summed E-state index contributed by atoms with van der Waals surface area (Å²) >= 11 is 0. The lowest BCUT2D eigenvalue weighted by Crippen LogP contribution is -2.29. The fraction of sp³-hybridized carbons (Fsp3) is 0.292. The molecule has 196 valence electrons. The van der Waals surface area contributed by atoms with Crippen molar-refractivity contribution in [1.82, 2.24) is 19.4 Å². The molecular weight excluding hydrogens is 516 g/mol. The molecule has 4 N–H and O–H groups in total. The zero-order chi connectivity index (χ0) is 26.6. The van der Waals surface area contributed by atoms with E-state index in [9.17, 15) is 21.6 Å². The SMILES string of the molecule is CCC(=O)NS(=O)(=O)c1ccc(Nc2ncc(C)c(Nc3ccc(CNS(=O)(=O)C4CC4)cc3)n2)cc1. The Morgan fingerprint density at radius 3 is 2.19 bits per heavy atom. The van der Waals surface area contributed by atoms with Crippen LogP contribution in [0.4, 0.5) is 23.1 Å². The Labute approximate surface area is 216 Å². The molecule has 2 aromatic carbocycles. The highest BCUT2D eigenvalue weighted by atomic mass is 32.2. The second kappa shape index (κ2) is 10.8. The Bertz CT molecular complexity index is 1490. The lowest BCUT2D eigenvalue weighted by Gasteiger charge is -2.12. The van der Waals surface area contributed by atoms with Gasteiger partial charge >= 0.3 is 0 Å². The molecule has 1 heterocycles. The number of sulfonamides is 2. The van der Waals surface area contributed by atoms with Gasteiger partial charge in [0.25, 0.3) is 10.0 Å². The largest absolute Gasteiger partial charge is 0.340 e. The van der Waals surface area contributed by atoms with Gasteiger partial charge in [0.15, 0.2) is 0 Å². The molecule has 1 aliphatic carbocycles. The molecule has 1 amide bonds. The molecule has 13 heteroatoms. The topological polar surface area (TPSA) is 159 Å². The fourth-order valence-corrected chi connectivity index (χ4v) is 5.70. The van der Waals surface area contributed by atoms with Crippen LogP contribution >= 0.6 is 0 Å².